The fourth-order valence-corrected chi connectivity index (χ4v) is 5.11. The van der Waals surface area contributed by atoms with Gasteiger partial charge < -0.3 is 0 Å². The largest absolute Gasteiger partial charge is 0.271 e. The molecule has 112 valence electrons. The van der Waals surface area contributed by atoms with Crippen LogP contribution < -0.4 is 11.3 Å². The number of hydrogen-bond donors (Lipinski definition) is 2. The predicted molar refractivity (Wildman–Crippen MR) is 85.4 cm³/mol. The number of hydrazine groups is 1. The van der Waals surface area contributed by atoms with E-state index < -0.39 is 9.84 Å². The molecule has 2 aromatic carbocycles. The molecule has 0 spiro atoms. The van der Waals surface area contributed by atoms with Crippen molar-refractivity contribution < 1.29 is 8.42 Å². The summed E-state index contributed by atoms with van der Waals surface area (Å²) >= 11 is 0. The first-order valence-corrected chi connectivity index (χ1v) is 9.05. The maximum atomic E-state index is 11.6. The Balaban J connectivity index is 1.89. The number of hydrogen-bond acceptors (Lipinski definition) is 4. The second-order valence-electron chi connectivity index (χ2n) is 5.79. The first-order valence-electron chi connectivity index (χ1n) is 7.23. The Kier molecular flexibility index (Phi) is 3.97. The van der Waals surface area contributed by atoms with Crippen LogP contribution in [-0.2, 0) is 9.84 Å². The third-order valence-electron chi connectivity index (χ3n) is 4.30. The second-order valence-corrected chi connectivity index (χ2v) is 8.02. The molecule has 2 atom stereocenters. The van der Waals surface area contributed by atoms with Gasteiger partial charge in [-0.25, -0.2) is 8.42 Å². The lowest BCUT2D eigenvalue weighted by atomic mass is 9.91. The van der Waals surface area contributed by atoms with Gasteiger partial charge in [0.05, 0.1) is 11.5 Å². The standard InChI is InChI=1S/C16H20N2O2S/c17-18-16(10-12-8-9-21(19,20)11-12)15-7-3-5-13-4-1-2-6-14(13)15/h1-7,12,16,18H,8-11,17H2. The van der Waals surface area contributed by atoms with Gasteiger partial charge in [-0.15, -0.1) is 0 Å². The zero-order valence-corrected chi connectivity index (χ0v) is 12.6. The summed E-state index contributed by atoms with van der Waals surface area (Å²) in [6, 6.07) is 14.3. The van der Waals surface area contributed by atoms with E-state index in [4.69, 9.17) is 5.84 Å². The van der Waals surface area contributed by atoms with Crippen LogP contribution in [-0.4, -0.2) is 19.9 Å². The van der Waals surface area contributed by atoms with Gasteiger partial charge in [0, 0.05) is 6.04 Å². The zero-order chi connectivity index (χ0) is 14.9. The van der Waals surface area contributed by atoms with Gasteiger partial charge in [-0.05, 0) is 35.1 Å². The molecule has 0 aromatic heterocycles. The lowest BCUT2D eigenvalue weighted by Crippen LogP contribution is -2.30. The van der Waals surface area contributed by atoms with E-state index in [9.17, 15) is 8.42 Å². The summed E-state index contributed by atoms with van der Waals surface area (Å²) in [5.74, 6) is 6.53. The van der Waals surface area contributed by atoms with E-state index in [1.807, 2.05) is 18.2 Å². The van der Waals surface area contributed by atoms with Gasteiger partial charge in [0.2, 0.25) is 0 Å². The molecule has 3 N–H and O–H groups in total. The summed E-state index contributed by atoms with van der Waals surface area (Å²) in [4.78, 5) is 0. The molecule has 1 aliphatic rings. The van der Waals surface area contributed by atoms with Gasteiger partial charge in [-0.1, -0.05) is 42.5 Å². The van der Waals surface area contributed by atoms with Gasteiger partial charge in [0.15, 0.2) is 9.84 Å². The van der Waals surface area contributed by atoms with E-state index >= 15 is 0 Å². The van der Waals surface area contributed by atoms with Gasteiger partial charge in [0.25, 0.3) is 0 Å². The van der Waals surface area contributed by atoms with Crippen molar-refractivity contribution in [3.8, 4) is 0 Å². The van der Waals surface area contributed by atoms with Gasteiger partial charge in [-0.3, -0.25) is 11.3 Å². The second kappa shape index (κ2) is 5.75. The van der Waals surface area contributed by atoms with Crippen LogP contribution in [0, 0.1) is 5.92 Å². The Morgan fingerprint density at radius 1 is 1.19 bits per heavy atom. The van der Waals surface area contributed by atoms with E-state index in [0.29, 0.717) is 5.75 Å². The Labute approximate surface area is 125 Å². The summed E-state index contributed by atoms with van der Waals surface area (Å²) in [6.45, 7) is 0. The van der Waals surface area contributed by atoms with Crippen molar-refractivity contribution >= 4 is 20.6 Å². The lowest BCUT2D eigenvalue weighted by molar-refractivity contribution is 0.423. The van der Waals surface area contributed by atoms with E-state index in [0.717, 1.165) is 18.4 Å². The zero-order valence-electron chi connectivity index (χ0n) is 11.8. The van der Waals surface area contributed by atoms with Crippen LogP contribution in [0.5, 0.6) is 0 Å². The van der Waals surface area contributed by atoms with Crippen LogP contribution in [0.2, 0.25) is 0 Å². The van der Waals surface area contributed by atoms with Crippen molar-refractivity contribution in [1.82, 2.24) is 5.43 Å². The Hall–Kier alpha value is -1.43. The number of fused-ring (bicyclic) bond motifs is 1. The third-order valence-corrected chi connectivity index (χ3v) is 6.13. The van der Waals surface area contributed by atoms with Crippen LogP contribution in [0.1, 0.15) is 24.4 Å². The summed E-state index contributed by atoms with van der Waals surface area (Å²) in [5.41, 5.74) is 4.01. The molecule has 0 bridgehead atoms. The number of nitrogens with one attached hydrogen (secondary N) is 1. The molecule has 0 amide bonds. The molecule has 4 nitrogen and oxygen atoms in total. The fraction of sp³-hybridized carbons (Fsp3) is 0.375. The average Bonchev–Trinajstić information content (AvgIpc) is 2.83. The van der Waals surface area contributed by atoms with Crippen LogP contribution >= 0.6 is 0 Å². The summed E-state index contributed by atoms with van der Waals surface area (Å²) in [7, 11) is -2.84. The molecule has 0 aliphatic carbocycles. The molecular formula is C16H20N2O2S. The Morgan fingerprint density at radius 2 is 1.95 bits per heavy atom. The highest BCUT2D eigenvalue weighted by Crippen LogP contribution is 2.31. The monoisotopic (exact) mass is 304 g/mol. The van der Waals surface area contributed by atoms with Crippen molar-refractivity contribution in [2.24, 2.45) is 11.8 Å². The topological polar surface area (TPSA) is 72.2 Å². The normalized spacial score (nSPS) is 22.4. The molecule has 3 rings (SSSR count). The summed E-state index contributed by atoms with van der Waals surface area (Å²) in [6.07, 6.45) is 1.50. The van der Waals surface area contributed by atoms with Gasteiger partial charge >= 0.3 is 0 Å². The van der Waals surface area contributed by atoms with E-state index in [2.05, 4.69) is 29.7 Å². The minimum atomic E-state index is -2.84. The molecule has 2 aromatic rings. The maximum Gasteiger partial charge on any atom is 0.150 e. The number of sulfone groups is 1. The van der Waals surface area contributed by atoms with E-state index in [1.165, 1.54) is 10.8 Å². The van der Waals surface area contributed by atoms with E-state index in [-0.39, 0.29) is 17.7 Å². The first kappa shape index (κ1) is 14.5. The van der Waals surface area contributed by atoms with Crippen LogP contribution in [0.4, 0.5) is 0 Å². The molecule has 1 aliphatic heterocycles. The highest BCUT2D eigenvalue weighted by Gasteiger charge is 2.30. The molecule has 1 fully saturated rings. The fourth-order valence-electron chi connectivity index (χ4n) is 3.23. The third kappa shape index (κ3) is 3.10. The van der Waals surface area contributed by atoms with Crippen LogP contribution in [0.25, 0.3) is 10.8 Å². The minimum Gasteiger partial charge on any atom is -0.271 e. The van der Waals surface area contributed by atoms with E-state index in [1.54, 1.807) is 0 Å². The summed E-state index contributed by atoms with van der Waals surface area (Å²) in [5, 5.41) is 2.35. The lowest BCUT2D eigenvalue weighted by Gasteiger charge is -2.21. The smallest absolute Gasteiger partial charge is 0.150 e. The molecular weight excluding hydrogens is 284 g/mol. The van der Waals surface area contributed by atoms with Crippen LogP contribution in [0.3, 0.4) is 0 Å². The Bertz CT molecular complexity index is 738. The van der Waals surface area contributed by atoms with Gasteiger partial charge in [-0.2, -0.15) is 0 Å². The first-order chi connectivity index (χ1) is 10.1. The highest BCUT2D eigenvalue weighted by atomic mass is 32.2. The number of nitrogens with two attached hydrogens (primary N) is 1. The Morgan fingerprint density at radius 3 is 2.67 bits per heavy atom. The van der Waals surface area contributed by atoms with Crippen molar-refractivity contribution in [1.29, 1.82) is 0 Å². The average molecular weight is 304 g/mol. The molecule has 1 heterocycles. The summed E-state index contributed by atoms with van der Waals surface area (Å²) < 4.78 is 23.2. The van der Waals surface area contributed by atoms with Crippen LogP contribution in [0.15, 0.2) is 42.5 Å². The predicted octanol–water partition coefficient (Wildman–Crippen LogP) is 2.17. The molecule has 2 unspecified atom stereocenters. The molecule has 0 radical (unpaired) electrons. The maximum absolute atomic E-state index is 11.6. The number of benzene rings is 2. The van der Waals surface area contributed by atoms with Crippen molar-refractivity contribution in [3.05, 3.63) is 48.0 Å². The molecule has 1 saturated heterocycles. The molecule has 0 saturated carbocycles. The SMILES string of the molecule is NNC(CC1CCS(=O)(=O)C1)c1cccc2ccccc12. The van der Waals surface area contributed by atoms with Crippen molar-refractivity contribution in [2.45, 2.75) is 18.9 Å². The minimum absolute atomic E-state index is 0.0191. The quantitative estimate of drug-likeness (QED) is 0.671. The van der Waals surface area contributed by atoms with Crippen molar-refractivity contribution in [3.63, 3.8) is 0 Å². The molecule has 5 heteroatoms. The number of rotatable bonds is 4. The highest BCUT2D eigenvalue weighted by molar-refractivity contribution is 7.91. The molecule has 21 heavy (non-hydrogen) atoms. The van der Waals surface area contributed by atoms with Gasteiger partial charge in [0.1, 0.15) is 0 Å². The van der Waals surface area contributed by atoms with Crippen molar-refractivity contribution in [2.75, 3.05) is 11.5 Å².